The molecule has 102 valence electrons. The lowest BCUT2D eigenvalue weighted by Crippen LogP contribution is -2.49. The molecule has 0 saturated carbocycles. The zero-order valence-corrected chi connectivity index (χ0v) is 11.5. The first-order valence-corrected chi connectivity index (χ1v) is 6.43. The van der Waals surface area contributed by atoms with Crippen LogP contribution in [0.25, 0.3) is 0 Å². The average molecular weight is 303 g/mol. The van der Waals surface area contributed by atoms with E-state index in [1.807, 2.05) is 0 Å². The fraction of sp³-hybridized carbons (Fsp3) is 0.333. The van der Waals surface area contributed by atoms with Crippen LogP contribution in [0.5, 0.6) is 0 Å². The molecule has 1 amide bonds. The maximum atomic E-state index is 13.3. The van der Waals surface area contributed by atoms with Crippen molar-refractivity contribution in [3.05, 3.63) is 34.6 Å². The Morgan fingerprint density at radius 1 is 1.58 bits per heavy atom. The Bertz CT molecular complexity index is 526. The summed E-state index contributed by atoms with van der Waals surface area (Å²) < 4.78 is 18.7. The van der Waals surface area contributed by atoms with Crippen molar-refractivity contribution >= 4 is 34.7 Å². The van der Waals surface area contributed by atoms with Crippen LogP contribution in [0, 0.1) is 5.82 Å². The molecule has 1 heterocycles. The van der Waals surface area contributed by atoms with Crippen molar-refractivity contribution in [1.29, 1.82) is 0 Å². The second kappa shape index (κ2) is 5.81. The van der Waals surface area contributed by atoms with Gasteiger partial charge in [-0.05, 0) is 18.2 Å². The van der Waals surface area contributed by atoms with E-state index in [4.69, 9.17) is 34.3 Å². The van der Waals surface area contributed by atoms with Crippen LogP contribution in [-0.4, -0.2) is 41.6 Å². The van der Waals surface area contributed by atoms with Gasteiger partial charge in [-0.2, -0.15) is 0 Å². The third-order valence-corrected chi connectivity index (χ3v) is 3.41. The van der Waals surface area contributed by atoms with Crippen molar-refractivity contribution in [2.24, 2.45) is 5.73 Å². The topological polar surface area (TPSA) is 55.6 Å². The number of ether oxygens (including phenoxy) is 1. The molecule has 0 radical (unpaired) electrons. The maximum Gasteiger partial charge on any atom is 0.254 e. The summed E-state index contributed by atoms with van der Waals surface area (Å²) in [6.07, 6.45) is -0.454. The molecule has 19 heavy (non-hydrogen) atoms. The molecule has 7 heteroatoms. The summed E-state index contributed by atoms with van der Waals surface area (Å²) in [5.74, 6) is -0.910. The first-order valence-electron chi connectivity index (χ1n) is 5.64. The van der Waals surface area contributed by atoms with Gasteiger partial charge in [-0.25, -0.2) is 4.39 Å². The van der Waals surface area contributed by atoms with Gasteiger partial charge >= 0.3 is 0 Å². The van der Waals surface area contributed by atoms with Gasteiger partial charge in [0.05, 0.1) is 18.2 Å². The Balaban J connectivity index is 2.14. The molecule has 2 N–H and O–H groups in total. The number of nitrogens with zero attached hydrogens (tertiary/aromatic N) is 1. The summed E-state index contributed by atoms with van der Waals surface area (Å²) in [7, 11) is 0. The van der Waals surface area contributed by atoms with E-state index in [-0.39, 0.29) is 28.0 Å². The van der Waals surface area contributed by atoms with E-state index in [1.165, 1.54) is 17.0 Å². The van der Waals surface area contributed by atoms with Gasteiger partial charge in [0.15, 0.2) is 0 Å². The molecule has 1 aromatic rings. The summed E-state index contributed by atoms with van der Waals surface area (Å²) in [6, 6.07) is 3.96. The minimum atomic E-state index is -0.619. The molecule has 0 aliphatic carbocycles. The normalized spacial score (nSPS) is 19.3. The molecule has 1 saturated heterocycles. The number of carbonyl (C=O) groups is 1. The van der Waals surface area contributed by atoms with Crippen LogP contribution in [0.15, 0.2) is 18.2 Å². The standard InChI is InChI=1S/C12H12ClFN2O2S/c13-8-2-1-7(5-9(8)14)12(17)16-3-4-18-10(6-16)11(15)19/h1-2,5,10H,3-4,6H2,(H2,15,19). The third kappa shape index (κ3) is 3.20. The minimum Gasteiger partial charge on any atom is -0.391 e. The fourth-order valence-corrected chi connectivity index (χ4v) is 2.08. The Morgan fingerprint density at radius 3 is 2.95 bits per heavy atom. The molecule has 1 fully saturated rings. The highest BCUT2D eigenvalue weighted by atomic mass is 35.5. The number of thiocarbonyl (C=S) groups is 1. The monoisotopic (exact) mass is 302 g/mol. The van der Waals surface area contributed by atoms with E-state index in [1.54, 1.807) is 0 Å². The van der Waals surface area contributed by atoms with E-state index < -0.39 is 11.9 Å². The average Bonchev–Trinajstić information content (AvgIpc) is 2.41. The van der Waals surface area contributed by atoms with Crippen molar-refractivity contribution in [3.63, 3.8) is 0 Å². The van der Waals surface area contributed by atoms with Gasteiger partial charge in [0.25, 0.3) is 5.91 Å². The first-order chi connectivity index (χ1) is 8.99. The summed E-state index contributed by atoms with van der Waals surface area (Å²) in [4.78, 5) is 14.0. The molecular weight excluding hydrogens is 291 g/mol. The highest BCUT2D eigenvalue weighted by Gasteiger charge is 2.26. The number of benzene rings is 1. The second-order valence-electron chi connectivity index (χ2n) is 4.14. The molecule has 1 aliphatic heterocycles. The molecule has 0 spiro atoms. The van der Waals surface area contributed by atoms with E-state index in [0.717, 1.165) is 6.07 Å². The number of hydrogen-bond donors (Lipinski definition) is 1. The Labute approximate surface area is 120 Å². The Hall–Kier alpha value is -1.24. The van der Waals surface area contributed by atoms with E-state index in [0.29, 0.717) is 13.2 Å². The van der Waals surface area contributed by atoms with Gasteiger partial charge in [0.1, 0.15) is 16.9 Å². The Kier molecular flexibility index (Phi) is 4.34. The van der Waals surface area contributed by atoms with Gasteiger partial charge in [0.2, 0.25) is 0 Å². The van der Waals surface area contributed by atoms with Crippen LogP contribution in [-0.2, 0) is 4.74 Å². The molecule has 1 unspecified atom stereocenters. The Morgan fingerprint density at radius 2 is 2.32 bits per heavy atom. The predicted octanol–water partition coefficient (Wildman–Crippen LogP) is 1.61. The summed E-state index contributed by atoms with van der Waals surface area (Å²) >= 11 is 10.4. The SMILES string of the molecule is NC(=S)C1CN(C(=O)c2ccc(Cl)c(F)c2)CCO1. The van der Waals surface area contributed by atoms with Crippen LogP contribution < -0.4 is 5.73 Å². The highest BCUT2D eigenvalue weighted by molar-refractivity contribution is 7.80. The molecule has 1 atom stereocenters. The minimum absolute atomic E-state index is 0.0143. The summed E-state index contributed by atoms with van der Waals surface area (Å²) in [5, 5.41) is -0.0143. The number of hydrogen-bond acceptors (Lipinski definition) is 3. The third-order valence-electron chi connectivity index (χ3n) is 2.84. The van der Waals surface area contributed by atoms with Gasteiger partial charge in [-0.1, -0.05) is 23.8 Å². The zero-order chi connectivity index (χ0) is 14.0. The number of rotatable bonds is 2. The predicted molar refractivity (Wildman–Crippen MR) is 73.8 cm³/mol. The quantitative estimate of drug-likeness (QED) is 0.843. The molecule has 1 aromatic carbocycles. The largest absolute Gasteiger partial charge is 0.391 e. The summed E-state index contributed by atoms with van der Waals surface area (Å²) in [5.41, 5.74) is 5.74. The lowest BCUT2D eigenvalue weighted by Gasteiger charge is -2.32. The van der Waals surface area contributed by atoms with Crippen molar-refractivity contribution in [1.82, 2.24) is 4.90 Å². The number of carbonyl (C=O) groups excluding carboxylic acids is 1. The van der Waals surface area contributed by atoms with Gasteiger partial charge in [-0.3, -0.25) is 4.79 Å². The smallest absolute Gasteiger partial charge is 0.254 e. The molecular formula is C12H12ClFN2O2S. The van der Waals surface area contributed by atoms with Crippen LogP contribution in [0.4, 0.5) is 4.39 Å². The number of nitrogens with two attached hydrogens (primary N) is 1. The van der Waals surface area contributed by atoms with Crippen molar-refractivity contribution in [3.8, 4) is 0 Å². The van der Waals surface area contributed by atoms with E-state index in [2.05, 4.69) is 0 Å². The molecule has 1 aliphatic rings. The zero-order valence-electron chi connectivity index (χ0n) is 9.94. The van der Waals surface area contributed by atoms with E-state index in [9.17, 15) is 9.18 Å². The van der Waals surface area contributed by atoms with Crippen LogP contribution >= 0.6 is 23.8 Å². The second-order valence-corrected chi connectivity index (χ2v) is 5.02. The molecule has 2 rings (SSSR count). The summed E-state index contributed by atoms with van der Waals surface area (Å²) in [6.45, 7) is 1.05. The van der Waals surface area contributed by atoms with Crippen LogP contribution in [0.1, 0.15) is 10.4 Å². The molecule has 0 bridgehead atoms. The lowest BCUT2D eigenvalue weighted by atomic mass is 10.1. The lowest BCUT2D eigenvalue weighted by molar-refractivity contribution is 0.00877. The molecule has 4 nitrogen and oxygen atoms in total. The first kappa shape index (κ1) is 14.2. The van der Waals surface area contributed by atoms with E-state index >= 15 is 0 Å². The molecule has 0 aromatic heterocycles. The van der Waals surface area contributed by atoms with Gasteiger partial charge in [-0.15, -0.1) is 0 Å². The van der Waals surface area contributed by atoms with Crippen LogP contribution in [0.3, 0.4) is 0 Å². The highest BCUT2D eigenvalue weighted by Crippen LogP contribution is 2.18. The van der Waals surface area contributed by atoms with Gasteiger partial charge < -0.3 is 15.4 Å². The van der Waals surface area contributed by atoms with Crippen molar-refractivity contribution in [2.45, 2.75) is 6.10 Å². The fourth-order valence-electron chi connectivity index (χ4n) is 1.82. The number of halogens is 2. The maximum absolute atomic E-state index is 13.3. The number of amides is 1. The van der Waals surface area contributed by atoms with Gasteiger partial charge in [0, 0.05) is 12.1 Å². The van der Waals surface area contributed by atoms with Crippen molar-refractivity contribution < 1.29 is 13.9 Å². The van der Waals surface area contributed by atoms with Crippen molar-refractivity contribution in [2.75, 3.05) is 19.7 Å². The van der Waals surface area contributed by atoms with Crippen LogP contribution in [0.2, 0.25) is 5.02 Å². The number of morpholine rings is 1.